The quantitative estimate of drug-likeness (QED) is 0.356. The number of carboxylic acid groups (broad SMARTS) is 1. The number of unbranched alkanes of at least 4 members (excludes halogenated alkanes) is 1. The molecule has 3 aromatic rings. The van der Waals surface area contributed by atoms with Crippen LogP contribution in [0.15, 0.2) is 53.7 Å². The van der Waals surface area contributed by atoms with Gasteiger partial charge in [0, 0.05) is 23.3 Å². The van der Waals surface area contributed by atoms with Crippen LogP contribution in [0.2, 0.25) is 0 Å². The van der Waals surface area contributed by atoms with Crippen molar-refractivity contribution in [2.75, 3.05) is 20.0 Å². The number of carboxylic acids is 1. The smallest absolute Gasteiger partial charge is 0.303 e. The van der Waals surface area contributed by atoms with Gasteiger partial charge >= 0.3 is 5.97 Å². The summed E-state index contributed by atoms with van der Waals surface area (Å²) in [6.45, 7) is 0. The van der Waals surface area contributed by atoms with Crippen LogP contribution in [0.3, 0.4) is 0 Å². The van der Waals surface area contributed by atoms with E-state index < -0.39 is 5.97 Å². The zero-order valence-corrected chi connectivity index (χ0v) is 17.3. The number of hydrogen-bond acceptors (Lipinski definition) is 5. The second-order valence-corrected chi connectivity index (χ2v) is 7.51. The van der Waals surface area contributed by atoms with E-state index >= 15 is 0 Å². The molecule has 0 amide bonds. The Hall–Kier alpha value is -2.93. The predicted molar refractivity (Wildman–Crippen MR) is 115 cm³/mol. The Balaban J connectivity index is 1.84. The first kappa shape index (κ1) is 20.8. The van der Waals surface area contributed by atoms with Gasteiger partial charge in [-0.2, -0.15) is 0 Å². The topological polar surface area (TPSA) is 84.4 Å². The van der Waals surface area contributed by atoms with E-state index in [-0.39, 0.29) is 6.42 Å². The van der Waals surface area contributed by atoms with Gasteiger partial charge in [-0.1, -0.05) is 11.8 Å². The average Bonchev–Trinajstić information content (AvgIpc) is 3.17. The molecule has 1 aromatic heterocycles. The molecule has 3 rings (SSSR count). The van der Waals surface area contributed by atoms with Crippen molar-refractivity contribution in [3.63, 3.8) is 0 Å². The highest BCUT2D eigenvalue weighted by Gasteiger charge is 2.15. The second-order valence-electron chi connectivity index (χ2n) is 6.42. The molecule has 0 atom stereocenters. The van der Waals surface area contributed by atoms with Crippen LogP contribution in [0.4, 0.5) is 0 Å². The van der Waals surface area contributed by atoms with Gasteiger partial charge in [-0.3, -0.25) is 4.79 Å². The number of carbonyl (C=O) groups is 1. The van der Waals surface area contributed by atoms with Gasteiger partial charge in [0.2, 0.25) is 0 Å². The van der Waals surface area contributed by atoms with Crippen molar-refractivity contribution in [1.82, 2.24) is 9.97 Å². The van der Waals surface area contributed by atoms with Gasteiger partial charge in [0.05, 0.1) is 25.6 Å². The molecule has 0 aliphatic carbocycles. The summed E-state index contributed by atoms with van der Waals surface area (Å²) in [5.41, 5.74) is 3.81. The number of aromatic nitrogens is 2. The fourth-order valence-electron chi connectivity index (χ4n) is 2.89. The number of aliphatic carboxylic acids is 1. The van der Waals surface area contributed by atoms with Crippen LogP contribution in [-0.4, -0.2) is 41.0 Å². The SMILES string of the molecule is COc1ccc(-c2nc(SCCCCC(=O)O)[nH]c2-c2ccc(OC)cc2)cc1. The second kappa shape index (κ2) is 10.0. The molecule has 1 heterocycles. The summed E-state index contributed by atoms with van der Waals surface area (Å²) in [6.07, 6.45) is 1.69. The van der Waals surface area contributed by atoms with Crippen molar-refractivity contribution < 1.29 is 19.4 Å². The van der Waals surface area contributed by atoms with Gasteiger partial charge in [0.1, 0.15) is 11.5 Å². The summed E-state index contributed by atoms with van der Waals surface area (Å²) >= 11 is 1.60. The van der Waals surface area contributed by atoms with E-state index in [0.29, 0.717) is 6.42 Å². The number of nitrogens with one attached hydrogen (secondary N) is 1. The fraction of sp³-hybridized carbons (Fsp3) is 0.273. The van der Waals surface area contributed by atoms with Gasteiger partial charge in [0.25, 0.3) is 0 Å². The lowest BCUT2D eigenvalue weighted by molar-refractivity contribution is -0.137. The van der Waals surface area contributed by atoms with Crippen LogP contribution in [-0.2, 0) is 4.79 Å². The average molecular weight is 413 g/mol. The number of benzene rings is 2. The third kappa shape index (κ3) is 5.54. The molecule has 0 radical (unpaired) electrons. The highest BCUT2D eigenvalue weighted by molar-refractivity contribution is 7.99. The van der Waals surface area contributed by atoms with Crippen LogP contribution >= 0.6 is 11.8 Å². The normalized spacial score (nSPS) is 10.7. The molecule has 0 saturated carbocycles. The van der Waals surface area contributed by atoms with Gasteiger partial charge in [-0.05, 0) is 61.4 Å². The Morgan fingerprint density at radius 3 is 2.10 bits per heavy atom. The molecule has 2 aromatic carbocycles. The molecule has 0 unspecified atom stereocenters. The molecule has 6 nitrogen and oxygen atoms in total. The molecule has 152 valence electrons. The molecular formula is C22H24N2O4S. The van der Waals surface area contributed by atoms with Gasteiger partial charge < -0.3 is 19.6 Å². The van der Waals surface area contributed by atoms with Crippen LogP contribution in [0.25, 0.3) is 22.5 Å². The van der Waals surface area contributed by atoms with E-state index in [2.05, 4.69) is 4.98 Å². The zero-order chi connectivity index (χ0) is 20.6. The maximum absolute atomic E-state index is 10.6. The summed E-state index contributed by atoms with van der Waals surface area (Å²) in [6, 6.07) is 15.7. The van der Waals surface area contributed by atoms with E-state index in [1.54, 1.807) is 26.0 Å². The lowest BCUT2D eigenvalue weighted by Crippen LogP contribution is -1.94. The first-order chi connectivity index (χ1) is 14.1. The van der Waals surface area contributed by atoms with Gasteiger partial charge in [-0.25, -0.2) is 4.98 Å². The van der Waals surface area contributed by atoms with E-state index in [1.165, 1.54) is 0 Å². The van der Waals surface area contributed by atoms with Crippen molar-refractivity contribution in [3.05, 3.63) is 48.5 Å². The van der Waals surface area contributed by atoms with Gasteiger partial charge in [0.15, 0.2) is 5.16 Å². The molecule has 7 heteroatoms. The number of H-pyrrole nitrogens is 1. The minimum absolute atomic E-state index is 0.201. The standard InChI is InChI=1S/C22H24N2O4S/c1-27-17-10-6-15(7-11-17)20-21(16-8-12-18(28-2)13-9-16)24-22(23-20)29-14-4-3-5-19(25)26/h6-13H,3-5,14H2,1-2H3,(H,23,24)(H,25,26). The van der Waals surface area contributed by atoms with Crippen LogP contribution < -0.4 is 9.47 Å². The number of hydrogen-bond donors (Lipinski definition) is 2. The van der Waals surface area contributed by atoms with Crippen molar-refractivity contribution in [3.8, 4) is 34.0 Å². The Morgan fingerprint density at radius 1 is 0.966 bits per heavy atom. The number of ether oxygens (including phenoxy) is 2. The van der Waals surface area contributed by atoms with Crippen molar-refractivity contribution in [2.45, 2.75) is 24.4 Å². The summed E-state index contributed by atoms with van der Waals surface area (Å²) in [4.78, 5) is 18.9. The van der Waals surface area contributed by atoms with Crippen LogP contribution in [0, 0.1) is 0 Å². The molecular weight excluding hydrogens is 388 g/mol. The number of nitrogens with zero attached hydrogens (tertiary/aromatic N) is 1. The lowest BCUT2D eigenvalue weighted by Gasteiger charge is -2.06. The molecule has 0 fully saturated rings. The van der Waals surface area contributed by atoms with E-state index in [0.717, 1.165) is 51.3 Å². The number of aromatic amines is 1. The van der Waals surface area contributed by atoms with Crippen LogP contribution in [0.5, 0.6) is 11.5 Å². The third-order valence-electron chi connectivity index (χ3n) is 4.45. The first-order valence-electron chi connectivity index (χ1n) is 9.34. The molecule has 0 aliphatic heterocycles. The molecule has 0 saturated heterocycles. The highest BCUT2D eigenvalue weighted by Crippen LogP contribution is 2.34. The summed E-state index contributed by atoms with van der Waals surface area (Å²) < 4.78 is 10.5. The van der Waals surface area contributed by atoms with Gasteiger partial charge in [-0.15, -0.1) is 0 Å². The molecule has 0 spiro atoms. The largest absolute Gasteiger partial charge is 0.497 e. The molecule has 2 N–H and O–H groups in total. The predicted octanol–water partition coefficient (Wildman–Crippen LogP) is 5.11. The minimum atomic E-state index is -0.753. The van der Waals surface area contributed by atoms with Crippen molar-refractivity contribution >= 4 is 17.7 Å². The Morgan fingerprint density at radius 2 is 1.55 bits per heavy atom. The maximum Gasteiger partial charge on any atom is 0.303 e. The summed E-state index contributed by atoms with van der Waals surface area (Å²) in [7, 11) is 3.29. The lowest BCUT2D eigenvalue weighted by atomic mass is 10.0. The van der Waals surface area contributed by atoms with Crippen LogP contribution in [0.1, 0.15) is 19.3 Å². The summed E-state index contributed by atoms with van der Waals surface area (Å²) in [5.74, 6) is 1.65. The Labute approximate surface area is 174 Å². The number of rotatable bonds is 10. The van der Waals surface area contributed by atoms with E-state index in [4.69, 9.17) is 19.6 Å². The van der Waals surface area contributed by atoms with Crippen molar-refractivity contribution in [2.24, 2.45) is 0 Å². The Kier molecular flexibility index (Phi) is 7.19. The maximum atomic E-state index is 10.6. The first-order valence-corrected chi connectivity index (χ1v) is 10.3. The summed E-state index contributed by atoms with van der Waals surface area (Å²) in [5, 5.41) is 9.57. The van der Waals surface area contributed by atoms with E-state index in [9.17, 15) is 4.79 Å². The minimum Gasteiger partial charge on any atom is -0.497 e. The highest BCUT2D eigenvalue weighted by atomic mass is 32.2. The number of imidazole rings is 1. The monoisotopic (exact) mass is 412 g/mol. The molecule has 0 aliphatic rings. The number of thioether (sulfide) groups is 1. The third-order valence-corrected chi connectivity index (χ3v) is 5.41. The molecule has 29 heavy (non-hydrogen) atoms. The number of methoxy groups -OCH3 is 2. The molecule has 0 bridgehead atoms. The Bertz CT molecular complexity index is 871. The zero-order valence-electron chi connectivity index (χ0n) is 16.5. The fourth-order valence-corrected chi connectivity index (χ4v) is 3.76. The van der Waals surface area contributed by atoms with E-state index in [1.807, 2.05) is 48.5 Å². The van der Waals surface area contributed by atoms with Crippen molar-refractivity contribution in [1.29, 1.82) is 0 Å².